The van der Waals surface area contributed by atoms with Gasteiger partial charge < -0.3 is 9.47 Å². The summed E-state index contributed by atoms with van der Waals surface area (Å²) >= 11 is 0. The zero-order chi connectivity index (χ0) is 25.8. The van der Waals surface area contributed by atoms with E-state index in [1.165, 1.54) is 108 Å². The Bertz CT molecular complexity index is 1020. The van der Waals surface area contributed by atoms with Gasteiger partial charge in [-0.3, -0.25) is 0 Å². The second kappa shape index (κ2) is 14.6. The first-order valence-corrected chi connectivity index (χ1v) is 13.7. The van der Waals surface area contributed by atoms with Crippen molar-refractivity contribution >= 4 is 5.97 Å². The summed E-state index contributed by atoms with van der Waals surface area (Å²) in [6.45, 7) is 2.27. The lowest BCUT2D eigenvalue weighted by atomic mass is 9.77. The standard InChI is InChI=1S/C31H40FNO3/c1-3-4-5-6-7-8-9-10-11-23-12-14-24(15-13-23)25-17-19-28(30(20-25)35-2)31(34)36-27-18-16-26(22-33)29(32)21-27/h16-21,23-24H,3-15H2,1-2H3. The number of nitrogens with zero attached hydrogens (tertiary/aromatic N) is 1. The molecule has 0 radical (unpaired) electrons. The van der Waals surface area contributed by atoms with Gasteiger partial charge in [0.2, 0.25) is 0 Å². The number of nitriles is 1. The van der Waals surface area contributed by atoms with E-state index in [1.54, 1.807) is 12.1 Å². The molecule has 1 aliphatic carbocycles. The number of methoxy groups -OCH3 is 1. The van der Waals surface area contributed by atoms with Crippen LogP contribution in [-0.4, -0.2) is 13.1 Å². The molecule has 0 N–H and O–H groups in total. The summed E-state index contributed by atoms with van der Waals surface area (Å²) in [5.74, 6) is 0.501. The van der Waals surface area contributed by atoms with Crippen LogP contribution in [0.25, 0.3) is 0 Å². The van der Waals surface area contributed by atoms with Crippen molar-refractivity contribution < 1.29 is 18.7 Å². The molecule has 0 spiro atoms. The van der Waals surface area contributed by atoms with Crippen LogP contribution in [0.2, 0.25) is 0 Å². The Balaban J connectivity index is 1.47. The number of carbonyl (C=O) groups excluding carboxylic acids is 1. The van der Waals surface area contributed by atoms with Crippen LogP contribution in [-0.2, 0) is 0 Å². The van der Waals surface area contributed by atoms with Crippen molar-refractivity contribution in [1.29, 1.82) is 5.26 Å². The monoisotopic (exact) mass is 493 g/mol. The fraction of sp³-hybridized carbons (Fsp3) is 0.548. The SMILES string of the molecule is CCCCCCCCCCC1CCC(c2ccc(C(=O)Oc3ccc(C#N)c(F)c3)c(OC)c2)CC1. The molecule has 0 aromatic heterocycles. The minimum absolute atomic E-state index is 0.0532. The lowest BCUT2D eigenvalue weighted by Gasteiger charge is -2.29. The molecule has 0 bridgehead atoms. The molecule has 2 aromatic carbocycles. The highest BCUT2D eigenvalue weighted by Crippen LogP contribution is 2.39. The molecule has 1 fully saturated rings. The van der Waals surface area contributed by atoms with Gasteiger partial charge in [-0.15, -0.1) is 0 Å². The minimum atomic E-state index is -0.719. The average Bonchev–Trinajstić information content (AvgIpc) is 2.90. The molecule has 0 saturated heterocycles. The van der Waals surface area contributed by atoms with Gasteiger partial charge in [0.15, 0.2) is 0 Å². The van der Waals surface area contributed by atoms with Gasteiger partial charge in [0.05, 0.1) is 12.7 Å². The van der Waals surface area contributed by atoms with Crippen LogP contribution < -0.4 is 9.47 Å². The molecule has 0 amide bonds. The van der Waals surface area contributed by atoms with E-state index in [4.69, 9.17) is 14.7 Å². The van der Waals surface area contributed by atoms with Crippen molar-refractivity contribution in [2.75, 3.05) is 7.11 Å². The first-order chi connectivity index (χ1) is 17.5. The number of esters is 1. The summed E-state index contributed by atoms with van der Waals surface area (Å²) in [4.78, 5) is 12.7. The Morgan fingerprint density at radius 1 is 0.972 bits per heavy atom. The molecule has 3 rings (SSSR count). The summed E-state index contributed by atoms with van der Waals surface area (Å²) < 4.78 is 24.7. The summed E-state index contributed by atoms with van der Waals surface area (Å²) in [5, 5.41) is 8.86. The Kier molecular flexibility index (Phi) is 11.3. The van der Waals surface area contributed by atoms with Crippen LogP contribution in [0.4, 0.5) is 4.39 Å². The summed E-state index contributed by atoms with van der Waals surface area (Å²) in [7, 11) is 1.54. The topological polar surface area (TPSA) is 59.3 Å². The first kappa shape index (κ1) is 27.7. The van der Waals surface area contributed by atoms with Crippen LogP contribution >= 0.6 is 0 Å². The molecule has 1 aliphatic rings. The summed E-state index contributed by atoms with van der Waals surface area (Å²) in [6, 6.07) is 11.2. The number of halogens is 1. The molecule has 2 aromatic rings. The highest BCUT2D eigenvalue weighted by atomic mass is 19.1. The Morgan fingerprint density at radius 2 is 1.67 bits per heavy atom. The predicted molar refractivity (Wildman–Crippen MR) is 141 cm³/mol. The van der Waals surface area contributed by atoms with E-state index in [0.717, 1.165) is 12.0 Å². The maximum absolute atomic E-state index is 13.9. The molecule has 5 heteroatoms. The number of unbranched alkanes of at least 4 members (excludes halogenated alkanes) is 7. The van der Waals surface area contributed by atoms with Gasteiger partial charge in [-0.2, -0.15) is 5.26 Å². The second-order valence-electron chi connectivity index (χ2n) is 10.1. The zero-order valence-corrected chi connectivity index (χ0v) is 21.9. The zero-order valence-electron chi connectivity index (χ0n) is 21.9. The highest BCUT2D eigenvalue weighted by Gasteiger charge is 2.24. The third-order valence-corrected chi connectivity index (χ3v) is 7.50. The van der Waals surface area contributed by atoms with E-state index in [1.807, 2.05) is 12.1 Å². The lowest BCUT2D eigenvalue weighted by Crippen LogP contribution is -2.15. The lowest BCUT2D eigenvalue weighted by molar-refractivity contribution is 0.0731. The van der Waals surface area contributed by atoms with Crippen LogP contribution in [0, 0.1) is 23.1 Å². The number of rotatable bonds is 13. The van der Waals surface area contributed by atoms with Crippen molar-refractivity contribution in [2.45, 2.75) is 96.3 Å². The van der Waals surface area contributed by atoms with Gasteiger partial charge in [-0.05, 0) is 67.3 Å². The van der Waals surface area contributed by atoms with Gasteiger partial charge >= 0.3 is 5.97 Å². The molecule has 0 atom stereocenters. The Labute approximate surface area is 215 Å². The quantitative estimate of drug-likeness (QED) is 0.159. The van der Waals surface area contributed by atoms with Crippen molar-refractivity contribution in [1.82, 2.24) is 0 Å². The smallest absolute Gasteiger partial charge is 0.347 e. The number of ether oxygens (including phenoxy) is 2. The van der Waals surface area contributed by atoms with E-state index < -0.39 is 11.8 Å². The third-order valence-electron chi connectivity index (χ3n) is 7.50. The van der Waals surface area contributed by atoms with E-state index in [9.17, 15) is 9.18 Å². The first-order valence-electron chi connectivity index (χ1n) is 13.7. The minimum Gasteiger partial charge on any atom is -0.496 e. The van der Waals surface area contributed by atoms with E-state index in [2.05, 4.69) is 6.92 Å². The number of benzene rings is 2. The largest absolute Gasteiger partial charge is 0.496 e. The molecule has 0 aliphatic heterocycles. The van der Waals surface area contributed by atoms with Crippen molar-refractivity contribution in [3.63, 3.8) is 0 Å². The number of hydrogen-bond donors (Lipinski definition) is 0. The summed E-state index contributed by atoms with van der Waals surface area (Å²) in [6.07, 6.45) is 17.2. The molecule has 194 valence electrons. The molecule has 0 unspecified atom stereocenters. The van der Waals surface area contributed by atoms with Crippen molar-refractivity contribution in [2.24, 2.45) is 5.92 Å². The fourth-order valence-corrected chi connectivity index (χ4v) is 5.29. The van der Waals surface area contributed by atoms with Crippen molar-refractivity contribution in [3.8, 4) is 17.6 Å². The maximum Gasteiger partial charge on any atom is 0.347 e. The normalized spacial score (nSPS) is 17.4. The molecular formula is C31H40FNO3. The van der Waals surface area contributed by atoms with E-state index >= 15 is 0 Å². The molecule has 4 nitrogen and oxygen atoms in total. The van der Waals surface area contributed by atoms with E-state index in [0.29, 0.717) is 17.2 Å². The van der Waals surface area contributed by atoms with E-state index in [-0.39, 0.29) is 11.3 Å². The van der Waals surface area contributed by atoms with Gasteiger partial charge in [-0.1, -0.05) is 70.8 Å². The van der Waals surface area contributed by atoms with Gasteiger partial charge in [0, 0.05) is 6.07 Å². The highest BCUT2D eigenvalue weighted by molar-refractivity contribution is 5.94. The maximum atomic E-state index is 13.9. The predicted octanol–water partition coefficient (Wildman–Crippen LogP) is 8.73. The van der Waals surface area contributed by atoms with Gasteiger partial charge in [0.25, 0.3) is 0 Å². The van der Waals surface area contributed by atoms with Crippen LogP contribution in [0.5, 0.6) is 11.5 Å². The average molecular weight is 494 g/mol. The second-order valence-corrected chi connectivity index (χ2v) is 10.1. The molecule has 0 heterocycles. The van der Waals surface area contributed by atoms with Crippen LogP contribution in [0.3, 0.4) is 0 Å². The Morgan fingerprint density at radius 3 is 2.31 bits per heavy atom. The van der Waals surface area contributed by atoms with Gasteiger partial charge in [0.1, 0.15) is 28.9 Å². The summed E-state index contributed by atoms with van der Waals surface area (Å²) in [5.41, 5.74) is 1.40. The molecule has 36 heavy (non-hydrogen) atoms. The molecule has 1 saturated carbocycles. The van der Waals surface area contributed by atoms with Crippen molar-refractivity contribution in [3.05, 3.63) is 58.9 Å². The van der Waals surface area contributed by atoms with Crippen LogP contribution in [0.1, 0.15) is 118 Å². The van der Waals surface area contributed by atoms with Gasteiger partial charge in [-0.25, -0.2) is 9.18 Å². The Hall–Kier alpha value is -2.87. The third kappa shape index (κ3) is 8.08. The fourth-order valence-electron chi connectivity index (χ4n) is 5.29. The van der Waals surface area contributed by atoms with Crippen LogP contribution in [0.15, 0.2) is 36.4 Å². The molecular weight excluding hydrogens is 453 g/mol. The number of carbonyl (C=O) groups is 1. The number of hydrogen-bond acceptors (Lipinski definition) is 4.